The summed E-state index contributed by atoms with van der Waals surface area (Å²) in [5.74, 6) is 1.65. The van der Waals surface area contributed by atoms with Gasteiger partial charge in [0, 0.05) is 44.0 Å². The van der Waals surface area contributed by atoms with Gasteiger partial charge in [-0.1, -0.05) is 18.7 Å². The van der Waals surface area contributed by atoms with Gasteiger partial charge in [0.2, 0.25) is 10.0 Å². The Morgan fingerprint density at radius 1 is 1.00 bits per heavy atom. The number of hydrogen-bond donors (Lipinski definition) is 1. The van der Waals surface area contributed by atoms with E-state index in [-0.39, 0.29) is 10.8 Å². The Morgan fingerprint density at radius 3 is 2.42 bits per heavy atom. The predicted molar refractivity (Wildman–Crippen MR) is 149 cm³/mol. The van der Waals surface area contributed by atoms with Gasteiger partial charge in [-0.05, 0) is 62.8 Å². The van der Waals surface area contributed by atoms with Crippen LogP contribution in [0.5, 0.6) is 0 Å². The SMILES string of the molecule is CCCSc1nc(N2CCCCC2)c2cnn(CCNC(=O)c3ccc(S(=O)(=O)N4CCCC4)cc3)c2n1. The summed E-state index contributed by atoms with van der Waals surface area (Å²) >= 11 is 1.66. The molecule has 2 aliphatic rings. The molecule has 10 nitrogen and oxygen atoms in total. The van der Waals surface area contributed by atoms with Gasteiger partial charge in [-0.25, -0.2) is 23.1 Å². The average Bonchev–Trinajstić information content (AvgIpc) is 3.63. The quantitative estimate of drug-likeness (QED) is 0.298. The molecule has 204 valence electrons. The van der Waals surface area contributed by atoms with E-state index in [1.165, 1.54) is 22.9 Å². The molecule has 4 heterocycles. The summed E-state index contributed by atoms with van der Waals surface area (Å²) < 4.78 is 28.8. The normalized spacial score (nSPS) is 16.8. The number of amides is 1. The smallest absolute Gasteiger partial charge is 0.251 e. The van der Waals surface area contributed by atoms with E-state index in [1.54, 1.807) is 23.9 Å². The van der Waals surface area contributed by atoms with Gasteiger partial charge in [-0.15, -0.1) is 0 Å². The summed E-state index contributed by atoms with van der Waals surface area (Å²) in [6, 6.07) is 6.16. The standard InChI is InChI=1S/C26H35N7O3S2/c1-2-18-37-26-29-23(31-13-4-3-5-14-31)22-19-28-33(24(22)30-26)17-12-27-25(34)20-8-10-21(11-9-20)38(35,36)32-15-6-7-16-32/h8-11,19H,2-7,12-18H2,1H3,(H,27,34). The lowest BCUT2D eigenvalue weighted by Crippen LogP contribution is -2.30. The second-order valence-corrected chi connectivity index (χ2v) is 12.7. The summed E-state index contributed by atoms with van der Waals surface area (Å²) in [5, 5.41) is 9.19. The van der Waals surface area contributed by atoms with Crippen molar-refractivity contribution < 1.29 is 13.2 Å². The van der Waals surface area contributed by atoms with Crippen LogP contribution in [0.15, 0.2) is 40.5 Å². The number of rotatable bonds is 10. The minimum atomic E-state index is -3.50. The van der Waals surface area contributed by atoms with Crippen LogP contribution in [-0.4, -0.2) is 76.9 Å². The first-order chi connectivity index (χ1) is 18.5. The van der Waals surface area contributed by atoms with Crippen LogP contribution in [0.3, 0.4) is 0 Å². The van der Waals surface area contributed by atoms with E-state index in [9.17, 15) is 13.2 Å². The van der Waals surface area contributed by atoms with Crippen LogP contribution in [0.4, 0.5) is 5.82 Å². The maximum atomic E-state index is 12.8. The van der Waals surface area contributed by atoms with Gasteiger partial charge in [-0.3, -0.25) is 4.79 Å². The van der Waals surface area contributed by atoms with Crippen LogP contribution < -0.4 is 10.2 Å². The first-order valence-corrected chi connectivity index (χ1v) is 15.9. The van der Waals surface area contributed by atoms with Crippen molar-refractivity contribution in [1.82, 2.24) is 29.4 Å². The Balaban J connectivity index is 1.26. The zero-order valence-corrected chi connectivity index (χ0v) is 23.4. The maximum Gasteiger partial charge on any atom is 0.251 e. The monoisotopic (exact) mass is 557 g/mol. The highest BCUT2D eigenvalue weighted by Gasteiger charge is 2.27. The number of carbonyl (C=O) groups excluding carboxylic acids is 1. The maximum absolute atomic E-state index is 12.8. The van der Waals surface area contributed by atoms with E-state index in [2.05, 4.69) is 22.2 Å². The van der Waals surface area contributed by atoms with Crippen LogP contribution >= 0.6 is 11.8 Å². The van der Waals surface area contributed by atoms with E-state index in [4.69, 9.17) is 9.97 Å². The molecule has 1 aromatic carbocycles. The molecule has 1 N–H and O–H groups in total. The van der Waals surface area contributed by atoms with E-state index < -0.39 is 10.0 Å². The zero-order valence-electron chi connectivity index (χ0n) is 21.8. The lowest BCUT2D eigenvalue weighted by molar-refractivity contribution is 0.0952. The Morgan fingerprint density at radius 2 is 1.71 bits per heavy atom. The summed E-state index contributed by atoms with van der Waals surface area (Å²) in [7, 11) is -3.50. The van der Waals surface area contributed by atoms with Crippen molar-refractivity contribution in [3.05, 3.63) is 36.0 Å². The van der Waals surface area contributed by atoms with E-state index in [1.807, 2.05) is 10.9 Å². The molecular formula is C26H35N7O3S2. The second-order valence-electron chi connectivity index (χ2n) is 9.72. The number of anilines is 1. The van der Waals surface area contributed by atoms with Crippen LogP contribution in [0.1, 0.15) is 55.8 Å². The third kappa shape index (κ3) is 5.81. The molecule has 0 radical (unpaired) electrons. The van der Waals surface area contributed by atoms with Crippen molar-refractivity contribution >= 4 is 44.5 Å². The molecule has 12 heteroatoms. The largest absolute Gasteiger partial charge is 0.356 e. The van der Waals surface area contributed by atoms with Gasteiger partial charge in [0.25, 0.3) is 5.91 Å². The van der Waals surface area contributed by atoms with Crippen molar-refractivity contribution in [2.75, 3.05) is 43.4 Å². The molecule has 2 saturated heterocycles. The van der Waals surface area contributed by atoms with Crippen molar-refractivity contribution in [3.63, 3.8) is 0 Å². The number of hydrogen-bond acceptors (Lipinski definition) is 8. The van der Waals surface area contributed by atoms with Crippen LogP contribution in [0.25, 0.3) is 11.0 Å². The number of nitrogens with zero attached hydrogens (tertiary/aromatic N) is 6. The number of benzene rings is 1. The summed E-state index contributed by atoms with van der Waals surface area (Å²) in [6.07, 6.45) is 8.21. The number of piperidine rings is 1. The van der Waals surface area contributed by atoms with Gasteiger partial charge in [0.1, 0.15) is 5.82 Å². The lowest BCUT2D eigenvalue weighted by Gasteiger charge is -2.28. The summed E-state index contributed by atoms with van der Waals surface area (Å²) in [6.45, 7) is 6.05. The zero-order chi connectivity index (χ0) is 26.5. The molecule has 0 unspecified atom stereocenters. The highest BCUT2D eigenvalue weighted by atomic mass is 32.2. The highest BCUT2D eigenvalue weighted by molar-refractivity contribution is 7.99. The minimum Gasteiger partial charge on any atom is -0.356 e. The Bertz CT molecular complexity index is 1360. The Kier molecular flexibility index (Phi) is 8.49. The molecule has 5 rings (SSSR count). The number of thioether (sulfide) groups is 1. The summed E-state index contributed by atoms with van der Waals surface area (Å²) in [4.78, 5) is 25.0. The molecule has 2 aromatic heterocycles. The topological polar surface area (TPSA) is 113 Å². The van der Waals surface area contributed by atoms with E-state index in [0.29, 0.717) is 31.7 Å². The number of sulfonamides is 1. The Hall–Kier alpha value is -2.70. The molecular weight excluding hydrogens is 522 g/mol. The molecule has 0 saturated carbocycles. The molecule has 0 bridgehead atoms. The molecule has 38 heavy (non-hydrogen) atoms. The first kappa shape index (κ1) is 26.9. The fourth-order valence-electron chi connectivity index (χ4n) is 4.92. The Labute approximate surface area is 228 Å². The van der Waals surface area contributed by atoms with Crippen molar-refractivity contribution in [2.24, 2.45) is 0 Å². The fourth-order valence-corrected chi connectivity index (χ4v) is 7.13. The fraction of sp³-hybridized carbons (Fsp3) is 0.538. The van der Waals surface area contributed by atoms with Crippen molar-refractivity contribution in [3.8, 4) is 0 Å². The molecule has 1 amide bonds. The minimum absolute atomic E-state index is 0.222. The molecule has 2 aliphatic heterocycles. The van der Waals surface area contributed by atoms with Crippen molar-refractivity contribution in [1.29, 1.82) is 0 Å². The van der Waals surface area contributed by atoms with Gasteiger partial charge >= 0.3 is 0 Å². The number of fused-ring (bicyclic) bond motifs is 1. The van der Waals surface area contributed by atoms with E-state index in [0.717, 1.165) is 73.0 Å². The highest BCUT2D eigenvalue weighted by Crippen LogP contribution is 2.29. The molecule has 0 spiro atoms. The molecule has 2 fully saturated rings. The number of carbonyl (C=O) groups is 1. The van der Waals surface area contributed by atoms with E-state index >= 15 is 0 Å². The summed E-state index contributed by atoms with van der Waals surface area (Å²) in [5.41, 5.74) is 1.20. The second kappa shape index (κ2) is 12.0. The van der Waals surface area contributed by atoms with Crippen LogP contribution in [-0.2, 0) is 16.6 Å². The molecule has 0 atom stereocenters. The van der Waals surface area contributed by atoms with Gasteiger partial charge in [0.05, 0.1) is 23.0 Å². The average molecular weight is 558 g/mol. The molecule has 0 aliphatic carbocycles. The number of aromatic nitrogens is 4. The third-order valence-electron chi connectivity index (χ3n) is 6.97. The first-order valence-electron chi connectivity index (χ1n) is 13.5. The van der Waals surface area contributed by atoms with Gasteiger partial charge in [-0.2, -0.15) is 9.40 Å². The van der Waals surface area contributed by atoms with Crippen LogP contribution in [0, 0.1) is 0 Å². The number of nitrogens with one attached hydrogen (secondary N) is 1. The van der Waals surface area contributed by atoms with Gasteiger partial charge < -0.3 is 10.2 Å². The van der Waals surface area contributed by atoms with Crippen LogP contribution in [0.2, 0.25) is 0 Å². The lowest BCUT2D eigenvalue weighted by atomic mass is 10.1. The third-order valence-corrected chi connectivity index (χ3v) is 9.94. The molecule has 3 aromatic rings. The van der Waals surface area contributed by atoms with Crippen molar-refractivity contribution in [2.45, 2.75) is 62.0 Å². The van der Waals surface area contributed by atoms with Gasteiger partial charge in [0.15, 0.2) is 10.8 Å². The predicted octanol–water partition coefficient (Wildman–Crippen LogP) is 3.53.